The minimum Gasteiger partial charge on any atom is -0.368 e. The number of pyridine rings is 1. The molecular formula is C16H20N4O3. The molecule has 0 fully saturated rings. The van der Waals surface area contributed by atoms with Crippen LogP contribution in [-0.4, -0.2) is 28.9 Å². The second-order valence-corrected chi connectivity index (χ2v) is 6.26. The third kappa shape index (κ3) is 4.38. The maximum Gasteiger partial charge on any atom is 0.270 e. The summed E-state index contributed by atoms with van der Waals surface area (Å²) >= 11 is 0. The van der Waals surface area contributed by atoms with Crippen LogP contribution in [0.2, 0.25) is 0 Å². The van der Waals surface area contributed by atoms with Gasteiger partial charge >= 0.3 is 0 Å². The fraction of sp³-hybridized carbons (Fsp3) is 0.375. The summed E-state index contributed by atoms with van der Waals surface area (Å²) in [5.41, 5.74) is 0.319. The highest BCUT2D eigenvalue weighted by atomic mass is 16.6. The van der Waals surface area contributed by atoms with Gasteiger partial charge in [-0.1, -0.05) is 20.8 Å². The van der Waals surface area contributed by atoms with Gasteiger partial charge in [0.05, 0.1) is 10.4 Å². The number of carbonyl (C=O) groups excluding carboxylic acids is 1. The highest BCUT2D eigenvalue weighted by molar-refractivity contribution is 5.82. The van der Waals surface area contributed by atoms with E-state index >= 15 is 0 Å². The lowest BCUT2D eigenvalue weighted by molar-refractivity contribution is -0.384. The Morgan fingerprint density at radius 1 is 1.22 bits per heavy atom. The molecule has 0 saturated carbocycles. The minimum absolute atomic E-state index is 0.00178. The molecule has 0 aliphatic heterocycles. The first-order valence-electron chi connectivity index (χ1n) is 7.35. The van der Waals surface area contributed by atoms with E-state index in [0.717, 1.165) is 0 Å². The van der Waals surface area contributed by atoms with Crippen molar-refractivity contribution < 1.29 is 9.72 Å². The average Bonchev–Trinajstić information content (AvgIpc) is 2.49. The number of aromatic nitrogens is 1. The Morgan fingerprint density at radius 3 is 2.61 bits per heavy atom. The molecule has 0 aliphatic rings. The van der Waals surface area contributed by atoms with Crippen LogP contribution in [0.4, 0.5) is 11.5 Å². The van der Waals surface area contributed by atoms with Gasteiger partial charge < -0.3 is 10.6 Å². The Morgan fingerprint density at radius 2 is 1.96 bits per heavy atom. The Balaban J connectivity index is 1.95. The number of nitro groups is 1. The number of nitrogens with zero attached hydrogens (tertiary/aromatic N) is 2. The van der Waals surface area contributed by atoms with Crippen LogP contribution in [0.15, 0.2) is 30.3 Å². The molecule has 2 rings (SSSR count). The van der Waals surface area contributed by atoms with E-state index in [4.69, 9.17) is 0 Å². The number of rotatable bonds is 5. The maximum absolute atomic E-state index is 11.7. The monoisotopic (exact) mass is 316 g/mol. The highest BCUT2D eigenvalue weighted by Crippen LogP contribution is 2.21. The van der Waals surface area contributed by atoms with Gasteiger partial charge in [0.15, 0.2) is 0 Å². The van der Waals surface area contributed by atoms with Crippen LogP contribution in [0.1, 0.15) is 20.8 Å². The quantitative estimate of drug-likeness (QED) is 0.502. The molecule has 122 valence electrons. The summed E-state index contributed by atoms with van der Waals surface area (Å²) < 4.78 is 0. The molecule has 2 N–H and O–H groups in total. The Bertz CT molecular complexity index is 738. The third-order valence-corrected chi connectivity index (χ3v) is 3.28. The second kappa shape index (κ2) is 6.60. The summed E-state index contributed by atoms with van der Waals surface area (Å²) in [4.78, 5) is 26.4. The lowest BCUT2D eigenvalue weighted by Crippen LogP contribution is -2.37. The van der Waals surface area contributed by atoms with E-state index in [1.165, 1.54) is 12.1 Å². The van der Waals surface area contributed by atoms with E-state index < -0.39 is 10.3 Å². The van der Waals surface area contributed by atoms with Crippen molar-refractivity contribution >= 4 is 28.3 Å². The number of amides is 1. The van der Waals surface area contributed by atoms with Gasteiger partial charge in [0.25, 0.3) is 5.69 Å². The third-order valence-electron chi connectivity index (χ3n) is 3.28. The molecule has 0 radical (unpaired) electrons. The number of anilines is 1. The molecule has 1 heterocycles. The summed E-state index contributed by atoms with van der Waals surface area (Å²) in [5.74, 6) is 0.662. The number of nitro benzene ring substituents is 1. The molecule has 1 aromatic heterocycles. The fourth-order valence-corrected chi connectivity index (χ4v) is 1.96. The Labute approximate surface area is 134 Å². The smallest absolute Gasteiger partial charge is 0.270 e. The van der Waals surface area contributed by atoms with Crippen molar-refractivity contribution in [3.63, 3.8) is 0 Å². The maximum atomic E-state index is 11.7. The summed E-state index contributed by atoms with van der Waals surface area (Å²) in [6, 6.07) is 8.10. The van der Waals surface area contributed by atoms with Gasteiger partial charge in [-0.25, -0.2) is 4.98 Å². The number of benzene rings is 1. The SMILES string of the molecule is CC(C)(C)C(=O)NCCNc1ccc2cc([N+](=O)[O-])ccc2n1. The van der Waals surface area contributed by atoms with Gasteiger partial charge in [-0.3, -0.25) is 14.9 Å². The van der Waals surface area contributed by atoms with Crippen molar-refractivity contribution in [2.24, 2.45) is 5.41 Å². The van der Waals surface area contributed by atoms with Crippen molar-refractivity contribution in [2.45, 2.75) is 20.8 Å². The molecule has 1 aromatic carbocycles. The zero-order valence-electron chi connectivity index (χ0n) is 13.4. The van der Waals surface area contributed by atoms with E-state index in [-0.39, 0.29) is 11.6 Å². The van der Waals surface area contributed by atoms with E-state index in [9.17, 15) is 14.9 Å². The van der Waals surface area contributed by atoms with Crippen LogP contribution in [-0.2, 0) is 4.79 Å². The minimum atomic E-state index is -0.427. The Kier molecular flexibility index (Phi) is 4.78. The summed E-state index contributed by atoms with van der Waals surface area (Å²) in [5, 5.41) is 17.4. The number of non-ortho nitro benzene ring substituents is 1. The molecule has 7 heteroatoms. The summed E-state index contributed by atoms with van der Waals surface area (Å²) in [6.07, 6.45) is 0. The molecule has 7 nitrogen and oxygen atoms in total. The van der Waals surface area contributed by atoms with E-state index in [1.54, 1.807) is 18.2 Å². The molecule has 0 spiro atoms. The van der Waals surface area contributed by atoms with Crippen molar-refractivity contribution in [3.05, 3.63) is 40.4 Å². The first-order valence-corrected chi connectivity index (χ1v) is 7.35. The average molecular weight is 316 g/mol. The zero-order valence-corrected chi connectivity index (χ0v) is 13.4. The van der Waals surface area contributed by atoms with Crippen LogP contribution in [0.25, 0.3) is 10.9 Å². The Hall–Kier alpha value is -2.70. The molecule has 0 unspecified atom stereocenters. The highest BCUT2D eigenvalue weighted by Gasteiger charge is 2.20. The first kappa shape index (κ1) is 16.7. The molecule has 0 aliphatic carbocycles. The van der Waals surface area contributed by atoms with Crippen molar-refractivity contribution in [3.8, 4) is 0 Å². The van der Waals surface area contributed by atoms with Crippen LogP contribution >= 0.6 is 0 Å². The number of hydrogen-bond donors (Lipinski definition) is 2. The van der Waals surface area contributed by atoms with Crippen molar-refractivity contribution in [1.82, 2.24) is 10.3 Å². The van der Waals surface area contributed by atoms with Gasteiger partial charge in [-0.05, 0) is 18.2 Å². The van der Waals surface area contributed by atoms with E-state index in [0.29, 0.717) is 29.8 Å². The predicted octanol–water partition coefficient (Wildman–Crippen LogP) is 2.72. The number of nitrogens with one attached hydrogen (secondary N) is 2. The van der Waals surface area contributed by atoms with Gasteiger partial charge in [0.1, 0.15) is 5.82 Å². The predicted molar refractivity (Wildman–Crippen MR) is 89.4 cm³/mol. The molecular weight excluding hydrogens is 296 g/mol. The van der Waals surface area contributed by atoms with Gasteiger partial charge in [0, 0.05) is 36.0 Å². The number of fused-ring (bicyclic) bond motifs is 1. The molecule has 0 atom stereocenters. The van der Waals surface area contributed by atoms with Crippen LogP contribution in [0.5, 0.6) is 0 Å². The summed E-state index contributed by atoms with van der Waals surface area (Å²) in [7, 11) is 0. The zero-order chi connectivity index (χ0) is 17.0. The molecule has 0 bridgehead atoms. The van der Waals surface area contributed by atoms with Crippen molar-refractivity contribution in [2.75, 3.05) is 18.4 Å². The molecule has 0 saturated heterocycles. The first-order chi connectivity index (χ1) is 10.8. The largest absolute Gasteiger partial charge is 0.368 e. The molecule has 23 heavy (non-hydrogen) atoms. The molecule has 1 amide bonds. The number of carbonyl (C=O) groups is 1. The standard InChI is InChI=1S/C16H20N4O3/c1-16(2,3)15(21)18-9-8-17-14-7-4-11-10-12(20(22)23)5-6-13(11)19-14/h4-7,10H,8-9H2,1-3H3,(H,17,19)(H,18,21). The van der Waals surface area contributed by atoms with E-state index in [2.05, 4.69) is 15.6 Å². The van der Waals surface area contributed by atoms with Crippen LogP contribution in [0, 0.1) is 15.5 Å². The fourth-order valence-electron chi connectivity index (χ4n) is 1.96. The summed E-state index contributed by atoms with van der Waals surface area (Å²) in [6.45, 7) is 6.63. The second-order valence-electron chi connectivity index (χ2n) is 6.26. The normalized spacial score (nSPS) is 11.3. The topological polar surface area (TPSA) is 97.2 Å². The van der Waals surface area contributed by atoms with Crippen LogP contribution in [0.3, 0.4) is 0 Å². The number of hydrogen-bond acceptors (Lipinski definition) is 5. The van der Waals surface area contributed by atoms with Crippen molar-refractivity contribution in [1.29, 1.82) is 0 Å². The van der Waals surface area contributed by atoms with Gasteiger partial charge in [-0.15, -0.1) is 0 Å². The van der Waals surface area contributed by atoms with Gasteiger partial charge in [0.2, 0.25) is 5.91 Å². The lowest BCUT2D eigenvalue weighted by Gasteiger charge is -2.17. The molecule has 2 aromatic rings. The van der Waals surface area contributed by atoms with Crippen LogP contribution < -0.4 is 10.6 Å². The van der Waals surface area contributed by atoms with E-state index in [1.807, 2.05) is 20.8 Å². The van der Waals surface area contributed by atoms with Gasteiger partial charge in [-0.2, -0.15) is 0 Å². The lowest BCUT2D eigenvalue weighted by atomic mass is 9.96.